The van der Waals surface area contributed by atoms with Crippen LogP contribution < -0.4 is 4.90 Å². The number of urea groups is 1. The first-order chi connectivity index (χ1) is 9.13. The smallest absolute Gasteiger partial charge is 0.320 e. The largest absolute Gasteiger partial charge is 0.324 e. The average Bonchev–Trinajstić information content (AvgIpc) is 2.79. The Labute approximate surface area is 114 Å². The number of aryl methyl sites for hydroxylation is 1. The SMILES string of the molecule is CC(C)N1CCN(c2ccc(CCC=O)cc2)C1=O. The van der Waals surface area contributed by atoms with Crippen molar-refractivity contribution in [3.05, 3.63) is 29.8 Å². The summed E-state index contributed by atoms with van der Waals surface area (Å²) >= 11 is 0. The van der Waals surface area contributed by atoms with Crippen molar-refractivity contribution in [3.8, 4) is 0 Å². The minimum atomic E-state index is 0.0793. The number of benzene rings is 1. The molecule has 1 aliphatic rings. The molecule has 19 heavy (non-hydrogen) atoms. The molecular weight excluding hydrogens is 240 g/mol. The van der Waals surface area contributed by atoms with Gasteiger partial charge in [-0.1, -0.05) is 12.1 Å². The molecule has 0 unspecified atom stereocenters. The van der Waals surface area contributed by atoms with Crippen molar-refractivity contribution in [2.45, 2.75) is 32.7 Å². The normalized spacial score (nSPS) is 15.4. The van der Waals surface area contributed by atoms with Crippen molar-refractivity contribution < 1.29 is 9.59 Å². The fourth-order valence-electron chi connectivity index (χ4n) is 2.34. The van der Waals surface area contributed by atoms with E-state index in [-0.39, 0.29) is 12.1 Å². The van der Waals surface area contributed by atoms with Crippen LogP contribution in [0.5, 0.6) is 0 Å². The van der Waals surface area contributed by atoms with Gasteiger partial charge in [-0.2, -0.15) is 0 Å². The zero-order valence-corrected chi connectivity index (χ0v) is 11.5. The second kappa shape index (κ2) is 5.87. The van der Waals surface area contributed by atoms with E-state index in [1.165, 1.54) is 0 Å². The lowest BCUT2D eigenvalue weighted by molar-refractivity contribution is -0.107. The Morgan fingerprint density at radius 1 is 1.21 bits per heavy atom. The molecule has 0 N–H and O–H groups in total. The van der Waals surface area contributed by atoms with E-state index in [2.05, 4.69) is 0 Å². The number of nitrogens with zero attached hydrogens (tertiary/aromatic N) is 2. The molecule has 2 rings (SSSR count). The zero-order chi connectivity index (χ0) is 13.8. The molecule has 0 bridgehead atoms. The Morgan fingerprint density at radius 2 is 1.89 bits per heavy atom. The zero-order valence-electron chi connectivity index (χ0n) is 11.5. The third-order valence-corrected chi connectivity index (χ3v) is 3.46. The highest BCUT2D eigenvalue weighted by Crippen LogP contribution is 2.22. The minimum Gasteiger partial charge on any atom is -0.320 e. The van der Waals surface area contributed by atoms with Gasteiger partial charge in [0.25, 0.3) is 0 Å². The predicted molar refractivity (Wildman–Crippen MR) is 75.4 cm³/mol. The van der Waals surface area contributed by atoms with Crippen molar-refractivity contribution in [1.82, 2.24) is 4.90 Å². The summed E-state index contributed by atoms with van der Waals surface area (Å²) in [6, 6.07) is 8.22. The molecule has 4 heteroatoms. The molecule has 1 heterocycles. The third-order valence-electron chi connectivity index (χ3n) is 3.46. The molecule has 2 amide bonds. The highest BCUT2D eigenvalue weighted by atomic mass is 16.2. The van der Waals surface area contributed by atoms with Gasteiger partial charge in [0, 0.05) is 31.2 Å². The summed E-state index contributed by atoms with van der Waals surface area (Å²) in [6.45, 7) is 5.59. The van der Waals surface area contributed by atoms with Crippen molar-refractivity contribution in [2.75, 3.05) is 18.0 Å². The molecule has 1 aliphatic heterocycles. The van der Waals surface area contributed by atoms with Crippen LogP contribution >= 0.6 is 0 Å². The summed E-state index contributed by atoms with van der Waals surface area (Å²) in [4.78, 5) is 26.2. The number of carbonyl (C=O) groups is 2. The molecule has 1 aromatic rings. The van der Waals surface area contributed by atoms with Crippen LogP contribution in [0, 0.1) is 0 Å². The van der Waals surface area contributed by atoms with Gasteiger partial charge in [0.1, 0.15) is 6.29 Å². The Kier molecular flexibility index (Phi) is 4.20. The van der Waals surface area contributed by atoms with Gasteiger partial charge in [0.15, 0.2) is 0 Å². The van der Waals surface area contributed by atoms with Crippen LogP contribution in [0.3, 0.4) is 0 Å². The summed E-state index contributed by atoms with van der Waals surface area (Å²) in [7, 11) is 0. The second-order valence-corrected chi connectivity index (χ2v) is 5.09. The lowest BCUT2D eigenvalue weighted by Gasteiger charge is -2.21. The number of carbonyl (C=O) groups excluding carboxylic acids is 2. The quantitative estimate of drug-likeness (QED) is 0.763. The highest BCUT2D eigenvalue weighted by Gasteiger charge is 2.30. The van der Waals surface area contributed by atoms with Crippen LogP contribution in [0.25, 0.3) is 0 Å². The number of aldehydes is 1. The van der Waals surface area contributed by atoms with Crippen molar-refractivity contribution in [2.24, 2.45) is 0 Å². The molecule has 0 aromatic heterocycles. The molecule has 0 saturated carbocycles. The highest BCUT2D eigenvalue weighted by molar-refractivity contribution is 5.94. The fraction of sp³-hybridized carbons (Fsp3) is 0.467. The maximum absolute atomic E-state index is 12.2. The van der Waals surface area contributed by atoms with Crippen LogP contribution in [0.15, 0.2) is 24.3 Å². The Balaban J connectivity index is 2.06. The molecule has 1 fully saturated rings. The molecule has 0 radical (unpaired) electrons. The summed E-state index contributed by atoms with van der Waals surface area (Å²) in [5.74, 6) is 0. The third kappa shape index (κ3) is 2.95. The first-order valence-corrected chi connectivity index (χ1v) is 6.74. The van der Waals surface area contributed by atoms with Gasteiger partial charge in [-0.05, 0) is 38.0 Å². The van der Waals surface area contributed by atoms with Gasteiger partial charge in [-0.3, -0.25) is 4.90 Å². The standard InChI is InChI=1S/C15H20N2O2/c1-12(2)16-9-10-17(15(16)19)14-7-5-13(6-8-14)4-3-11-18/h5-8,11-12H,3-4,9-10H2,1-2H3. The van der Waals surface area contributed by atoms with Crippen molar-refractivity contribution in [1.29, 1.82) is 0 Å². The lowest BCUT2D eigenvalue weighted by Crippen LogP contribution is -2.36. The summed E-state index contributed by atoms with van der Waals surface area (Å²) in [6.07, 6.45) is 2.23. The van der Waals surface area contributed by atoms with E-state index in [9.17, 15) is 9.59 Å². The van der Waals surface area contributed by atoms with E-state index in [4.69, 9.17) is 0 Å². The van der Waals surface area contributed by atoms with E-state index in [1.54, 1.807) is 0 Å². The van der Waals surface area contributed by atoms with Crippen LogP contribution in [0.2, 0.25) is 0 Å². The Morgan fingerprint density at radius 3 is 2.42 bits per heavy atom. The van der Waals surface area contributed by atoms with E-state index in [0.717, 1.165) is 37.0 Å². The van der Waals surface area contributed by atoms with Gasteiger partial charge in [0.05, 0.1) is 0 Å². The van der Waals surface area contributed by atoms with Crippen molar-refractivity contribution >= 4 is 18.0 Å². The molecule has 1 aromatic carbocycles. The number of anilines is 1. The Bertz CT molecular complexity index is 454. The monoisotopic (exact) mass is 260 g/mol. The van der Waals surface area contributed by atoms with Crippen molar-refractivity contribution in [3.63, 3.8) is 0 Å². The van der Waals surface area contributed by atoms with Gasteiger partial charge in [-0.15, -0.1) is 0 Å². The summed E-state index contributed by atoms with van der Waals surface area (Å²) in [5, 5.41) is 0. The van der Waals surface area contributed by atoms with Crippen LogP contribution in [0.1, 0.15) is 25.8 Å². The van der Waals surface area contributed by atoms with Gasteiger partial charge in [-0.25, -0.2) is 4.79 Å². The van der Waals surface area contributed by atoms with E-state index >= 15 is 0 Å². The minimum absolute atomic E-state index is 0.0793. The van der Waals surface area contributed by atoms with E-state index < -0.39 is 0 Å². The van der Waals surface area contributed by atoms with Gasteiger partial charge < -0.3 is 9.69 Å². The molecular formula is C15H20N2O2. The van der Waals surface area contributed by atoms with Crippen LogP contribution in [-0.4, -0.2) is 36.3 Å². The molecule has 102 valence electrons. The predicted octanol–water partition coefficient (Wildman–Crippen LogP) is 2.47. The van der Waals surface area contributed by atoms with Gasteiger partial charge in [0.2, 0.25) is 0 Å². The lowest BCUT2D eigenvalue weighted by atomic mass is 10.1. The van der Waals surface area contributed by atoms with E-state index in [0.29, 0.717) is 6.42 Å². The number of amides is 2. The number of hydrogen-bond donors (Lipinski definition) is 0. The van der Waals surface area contributed by atoms with E-state index in [1.807, 2.05) is 47.9 Å². The maximum atomic E-state index is 12.2. The topological polar surface area (TPSA) is 40.6 Å². The fourth-order valence-corrected chi connectivity index (χ4v) is 2.34. The maximum Gasteiger partial charge on any atom is 0.324 e. The van der Waals surface area contributed by atoms with Gasteiger partial charge >= 0.3 is 6.03 Å². The summed E-state index contributed by atoms with van der Waals surface area (Å²) < 4.78 is 0. The molecule has 1 saturated heterocycles. The Hall–Kier alpha value is -1.84. The van der Waals surface area contributed by atoms with Crippen LogP contribution in [0.4, 0.5) is 10.5 Å². The molecule has 0 atom stereocenters. The molecule has 4 nitrogen and oxygen atoms in total. The molecule has 0 aliphatic carbocycles. The number of rotatable bonds is 5. The second-order valence-electron chi connectivity index (χ2n) is 5.09. The number of hydrogen-bond acceptors (Lipinski definition) is 2. The first-order valence-electron chi connectivity index (χ1n) is 6.74. The summed E-state index contributed by atoms with van der Waals surface area (Å²) in [5.41, 5.74) is 2.06. The molecule has 0 spiro atoms. The average molecular weight is 260 g/mol. The first kappa shape index (κ1) is 13.6. The van der Waals surface area contributed by atoms with Crippen LogP contribution in [-0.2, 0) is 11.2 Å².